The third kappa shape index (κ3) is 2.78. The molecule has 0 bridgehead atoms. The molecule has 1 aliphatic heterocycles. The van der Waals surface area contributed by atoms with Gasteiger partial charge >= 0.3 is 6.18 Å². The molecule has 1 saturated heterocycles. The average Bonchev–Trinajstić information content (AvgIpc) is 2.62. The van der Waals surface area contributed by atoms with Gasteiger partial charge in [-0.2, -0.15) is 13.2 Å². The molecule has 0 amide bonds. The Morgan fingerprint density at radius 3 is 2.65 bits per heavy atom. The van der Waals surface area contributed by atoms with E-state index in [4.69, 9.17) is 11.6 Å². The predicted octanol–water partition coefficient (Wildman–Crippen LogP) is 1.72. The lowest BCUT2D eigenvalue weighted by Crippen LogP contribution is -2.23. The summed E-state index contributed by atoms with van der Waals surface area (Å²) < 4.78 is 37.5. The molecule has 2 rings (SSSR count). The number of halogens is 4. The number of alkyl halides is 3. The topological polar surface area (TPSA) is 49.2 Å². The molecule has 0 aliphatic carbocycles. The number of nitrogens with zero attached hydrogens (tertiary/aromatic N) is 3. The Balaban J connectivity index is 2.32. The monoisotopic (exact) mass is 267 g/mol. The van der Waals surface area contributed by atoms with Crippen molar-refractivity contribution in [2.75, 3.05) is 18.0 Å². The number of aliphatic hydroxyl groups is 1. The minimum absolute atomic E-state index is 0.0916. The second-order valence-corrected chi connectivity index (χ2v) is 4.10. The molecule has 0 radical (unpaired) electrons. The highest BCUT2D eigenvalue weighted by molar-refractivity contribution is 6.28. The molecule has 0 saturated carbocycles. The molecule has 0 aromatic carbocycles. The maximum absolute atomic E-state index is 12.5. The predicted molar refractivity (Wildman–Crippen MR) is 54.9 cm³/mol. The Labute approximate surface area is 100 Å². The van der Waals surface area contributed by atoms with Crippen molar-refractivity contribution in [3.63, 3.8) is 0 Å². The van der Waals surface area contributed by atoms with E-state index in [1.165, 1.54) is 0 Å². The lowest BCUT2D eigenvalue weighted by atomic mass is 10.3. The summed E-state index contributed by atoms with van der Waals surface area (Å²) in [6.07, 6.45) is -4.60. The van der Waals surface area contributed by atoms with Gasteiger partial charge in [0, 0.05) is 19.2 Å². The largest absolute Gasteiger partial charge is 0.433 e. The molecule has 1 N–H and O–H groups in total. The van der Waals surface area contributed by atoms with E-state index in [1.807, 2.05) is 0 Å². The van der Waals surface area contributed by atoms with Crippen molar-refractivity contribution in [1.29, 1.82) is 0 Å². The molecule has 94 valence electrons. The van der Waals surface area contributed by atoms with Gasteiger partial charge in [-0.25, -0.2) is 9.97 Å². The van der Waals surface area contributed by atoms with Crippen LogP contribution in [0, 0.1) is 0 Å². The third-order valence-electron chi connectivity index (χ3n) is 2.46. The van der Waals surface area contributed by atoms with Gasteiger partial charge in [0.05, 0.1) is 6.10 Å². The Hall–Kier alpha value is -1.08. The van der Waals surface area contributed by atoms with Gasteiger partial charge in [0.1, 0.15) is 5.82 Å². The second kappa shape index (κ2) is 4.30. The number of β-amino-alcohol motifs (C(OH)–C–C–N with tert-alkyl or cyclic N) is 1. The van der Waals surface area contributed by atoms with E-state index < -0.39 is 23.3 Å². The number of anilines is 1. The van der Waals surface area contributed by atoms with Gasteiger partial charge in [0.2, 0.25) is 5.28 Å². The summed E-state index contributed by atoms with van der Waals surface area (Å²) in [6, 6.07) is 0.837. The van der Waals surface area contributed by atoms with E-state index in [-0.39, 0.29) is 12.4 Å². The molecule has 1 aromatic rings. The minimum Gasteiger partial charge on any atom is -0.391 e. The Kier molecular flexibility index (Phi) is 3.13. The maximum atomic E-state index is 12.5. The zero-order valence-electron chi connectivity index (χ0n) is 8.58. The zero-order valence-corrected chi connectivity index (χ0v) is 9.33. The standard InChI is InChI=1S/C9H9ClF3N3O/c10-8-14-6(9(11,12)13)3-7(15-8)16-2-1-5(17)4-16/h3,5,17H,1-2,4H2. The van der Waals surface area contributed by atoms with Crippen LogP contribution in [0.5, 0.6) is 0 Å². The van der Waals surface area contributed by atoms with Crippen LogP contribution in [-0.2, 0) is 6.18 Å². The smallest absolute Gasteiger partial charge is 0.391 e. The first-order valence-corrected chi connectivity index (χ1v) is 5.29. The van der Waals surface area contributed by atoms with Crippen LogP contribution in [0.3, 0.4) is 0 Å². The van der Waals surface area contributed by atoms with Crippen molar-refractivity contribution in [3.05, 3.63) is 17.0 Å². The molecule has 0 spiro atoms. The normalized spacial score (nSPS) is 21.0. The van der Waals surface area contributed by atoms with Crippen molar-refractivity contribution in [3.8, 4) is 0 Å². The summed E-state index contributed by atoms with van der Waals surface area (Å²) in [5.41, 5.74) is -1.08. The Morgan fingerprint density at radius 1 is 1.41 bits per heavy atom. The van der Waals surface area contributed by atoms with Crippen LogP contribution in [-0.4, -0.2) is 34.3 Å². The summed E-state index contributed by atoms with van der Waals surface area (Å²) in [5.74, 6) is 0.0916. The highest BCUT2D eigenvalue weighted by Gasteiger charge is 2.34. The van der Waals surface area contributed by atoms with Gasteiger partial charge < -0.3 is 10.0 Å². The lowest BCUT2D eigenvalue weighted by molar-refractivity contribution is -0.141. The molecule has 1 unspecified atom stereocenters. The SMILES string of the molecule is OC1CCN(c2cc(C(F)(F)F)nc(Cl)n2)C1. The molecule has 1 aliphatic rings. The van der Waals surface area contributed by atoms with E-state index in [0.29, 0.717) is 13.0 Å². The van der Waals surface area contributed by atoms with Gasteiger partial charge in [0.25, 0.3) is 0 Å². The maximum Gasteiger partial charge on any atom is 0.433 e. The molecule has 1 atom stereocenters. The van der Waals surface area contributed by atoms with Crippen LogP contribution >= 0.6 is 11.6 Å². The molecule has 17 heavy (non-hydrogen) atoms. The first-order chi connectivity index (χ1) is 7.86. The highest BCUT2D eigenvalue weighted by atomic mass is 35.5. The van der Waals surface area contributed by atoms with Crippen molar-refractivity contribution < 1.29 is 18.3 Å². The fourth-order valence-corrected chi connectivity index (χ4v) is 1.84. The summed E-state index contributed by atoms with van der Waals surface area (Å²) in [4.78, 5) is 8.42. The van der Waals surface area contributed by atoms with Crippen molar-refractivity contribution in [1.82, 2.24) is 9.97 Å². The van der Waals surface area contributed by atoms with E-state index >= 15 is 0 Å². The van der Waals surface area contributed by atoms with Crippen molar-refractivity contribution in [2.45, 2.75) is 18.7 Å². The fraction of sp³-hybridized carbons (Fsp3) is 0.556. The fourth-order valence-electron chi connectivity index (χ4n) is 1.66. The molecule has 1 aromatic heterocycles. The van der Waals surface area contributed by atoms with E-state index in [9.17, 15) is 18.3 Å². The van der Waals surface area contributed by atoms with Gasteiger partial charge in [0.15, 0.2) is 5.69 Å². The van der Waals surface area contributed by atoms with E-state index in [1.54, 1.807) is 4.90 Å². The third-order valence-corrected chi connectivity index (χ3v) is 2.63. The molecular formula is C9H9ClF3N3O. The van der Waals surface area contributed by atoms with Crippen LogP contribution in [0.15, 0.2) is 6.07 Å². The summed E-state index contributed by atoms with van der Waals surface area (Å²) in [6.45, 7) is 0.705. The Morgan fingerprint density at radius 2 is 2.12 bits per heavy atom. The van der Waals surface area contributed by atoms with Crippen LogP contribution in [0.1, 0.15) is 12.1 Å². The molecule has 8 heteroatoms. The number of hydrogen-bond donors (Lipinski definition) is 1. The molecule has 2 heterocycles. The number of aromatic nitrogens is 2. The summed E-state index contributed by atoms with van der Waals surface area (Å²) in [5, 5.41) is 8.87. The quantitative estimate of drug-likeness (QED) is 0.787. The highest BCUT2D eigenvalue weighted by Crippen LogP contribution is 2.31. The van der Waals surface area contributed by atoms with E-state index in [0.717, 1.165) is 6.07 Å². The van der Waals surface area contributed by atoms with Gasteiger partial charge in [-0.1, -0.05) is 0 Å². The first kappa shape index (κ1) is 12.4. The first-order valence-electron chi connectivity index (χ1n) is 4.91. The Bertz CT molecular complexity index is 426. The van der Waals surface area contributed by atoms with Crippen molar-refractivity contribution in [2.24, 2.45) is 0 Å². The van der Waals surface area contributed by atoms with Crippen LogP contribution in [0.4, 0.5) is 19.0 Å². The average molecular weight is 268 g/mol. The van der Waals surface area contributed by atoms with Gasteiger partial charge in [-0.05, 0) is 18.0 Å². The second-order valence-electron chi connectivity index (χ2n) is 3.77. The van der Waals surface area contributed by atoms with Crippen LogP contribution in [0.25, 0.3) is 0 Å². The molecule has 4 nitrogen and oxygen atoms in total. The van der Waals surface area contributed by atoms with Gasteiger partial charge in [-0.15, -0.1) is 0 Å². The van der Waals surface area contributed by atoms with Crippen LogP contribution < -0.4 is 4.90 Å². The number of aliphatic hydroxyl groups excluding tert-OH is 1. The number of hydrogen-bond acceptors (Lipinski definition) is 4. The summed E-state index contributed by atoms with van der Waals surface area (Å²) >= 11 is 5.46. The minimum atomic E-state index is -4.56. The summed E-state index contributed by atoms with van der Waals surface area (Å²) in [7, 11) is 0. The van der Waals surface area contributed by atoms with Crippen LogP contribution in [0.2, 0.25) is 5.28 Å². The van der Waals surface area contributed by atoms with E-state index in [2.05, 4.69) is 9.97 Å². The zero-order chi connectivity index (χ0) is 12.6. The molecular weight excluding hydrogens is 259 g/mol. The molecule has 1 fully saturated rings. The van der Waals surface area contributed by atoms with Crippen molar-refractivity contribution >= 4 is 17.4 Å². The van der Waals surface area contributed by atoms with Gasteiger partial charge in [-0.3, -0.25) is 0 Å². The lowest BCUT2D eigenvalue weighted by Gasteiger charge is -2.17. The number of rotatable bonds is 1.